The van der Waals surface area contributed by atoms with E-state index in [-0.39, 0.29) is 6.10 Å². The molecular weight excluding hydrogens is 188 g/mol. The molecular formula is C12H24N2O. The Hall–Kier alpha value is -0.120. The standard InChI is InChI=1S/C12H24N2O/c15-12-8-11(9-12)10-13-4-3-7-14-5-1-2-6-14/h11-13,15H,1-10H2. The number of hydrogen-bond donors (Lipinski definition) is 2. The molecule has 1 aliphatic carbocycles. The summed E-state index contributed by atoms with van der Waals surface area (Å²) in [6.07, 6.45) is 6.09. The first-order valence-corrected chi connectivity index (χ1v) is 6.46. The lowest BCUT2D eigenvalue weighted by molar-refractivity contribution is 0.0431. The molecule has 88 valence electrons. The molecule has 2 fully saturated rings. The highest BCUT2D eigenvalue weighted by molar-refractivity contribution is 4.80. The summed E-state index contributed by atoms with van der Waals surface area (Å²) >= 11 is 0. The Bertz CT molecular complexity index is 174. The van der Waals surface area contributed by atoms with Crippen molar-refractivity contribution in [3.63, 3.8) is 0 Å². The number of hydrogen-bond acceptors (Lipinski definition) is 3. The zero-order valence-electron chi connectivity index (χ0n) is 9.62. The van der Waals surface area contributed by atoms with Crippen LogP contribution in [-0.4, -0.2) is 48.8 Å². The lowest BCUT2D eigenvalue weighted by atomic mass is 9.82. The molecule has 15 heavy (non-hydrogen) atoms. The number of aliphatic hydroxyl groups excluding tert-OH is 1. The Morgan fingerprint density at radius 3 is 2.60 bits per heavy atom. The Morgan fingerprint density at radius 2 is 1.93 bits per heavy atom. The van der Waals surface area contributed by atoms with E-state index < -0.39 is 0 Å². The lowest BCUT2D eigenvalue weighted by Crippen LogP contribution is -2.37. The van der Waals surface area contributed by atoms with Crippen molar-refractivity contribution < 1.29 is 5.11 Å². The molecule has 1 aliphatic heterocycles. The van der Waals surface area contributed by atoms with Gasteiger partial charge in [0.1, 0.15) is 0 Å². The van der Waals surface area contributed by atoms with Gasteiger partial charge in [0.15, 0.2) is 0 Å². The molecule has 2 N–H and O–H groups in total. The largest absolute Gasteiger partial charge is 0.393 e. The van der Waals surface area contributed by atoms with Gasteiger partial charge in [-0.2, -0.15) is 0 Å². The first-order chi connectivity index (χ1) is 7.34. The predicted octanol–water partition coefficient (Wildman–Crippen LogP) is 0.833. The van der Waals surface area contributed by atoms with Crippen LogP contribution in [0.5, 0.6) is 0 Å². The minimum Gasteiger partial charge on any atom is -0.393 e. The molecule has 0 atom stereocenters. The summed E-state index contributed by atoms with van der Waals surface area (Å²) < 4.78 is 0. The van der Waals surface area contributed by atoms with Crippen LogP contribution in [0.2, 0.25) is 0 Å². The highest BCUT2D eigenvalue weighted by atomic mass is 16.3. The topological polar surface area (TPSA) is 35.5 Å². The molecule has 1 saturated heterocycles. The van der Waals surface area contributed by atoms with E-state index in [1.54, 1.807) is 0 Å². The van der Waals surface area contributed by atoms with E-state index >= 15 is 0 Å². The van der Waals surface area contributed by atoms with Gasteiger partial charge >= 0.3 is 0 Å². The van der Waals surface area contributed by atoms with Gasteiger partial charge in [0.05, 0.1) is 6.10 Å². The summed E-state index contributed by atoms with van der Waals surface area (Å²) in [7, 11) is 0. The van der Waals surface area contributed by atoms with Crippen LogP contribution in [0.4, 0.5) is 0 Å². The van der Waals surface area contributed by atoms with Crippen molar-refractivity contribution in [2.75, 3.05) is 32.7 Å². The summed E-state index contributed by atoms with van der Waals surface area (Å²) in [4.78, 5) is 2.56. The van der Waals surface area contributed by atoms with Crippen molar-refractivity contribution in [3.05, 3.63) is 0 Å². The maximum Gasteiger partial charge on any atom is 0.0546 e. The molecule has 0 bridgehead atoms. The third-order valence-corrected chi connectivity index (χ3v) is 3.67. The number of nitrogens with zero attached hydrogens (tertiary/aromatic N) is 1. The molecule has 2 aliphatic rings. The van der Waals surface area contributed by atoms with Crippen molar-refractivity contribution >= 4 is 0 Å². The fourth-order valence-electron chi connectivity index (χ4n) is 2.61. The van der Waals surface area contributed by atoms with Crippen LogP contribution in [0.15, 0.2) is 0 Å². The summed E-state index contributed by atoms with van der Waals surface area (Å²) in [5.74, 6) is 0.742. The lowest BCUT2D eigenvalue weighted by Gasteiger charge is -2.31. The van der Waals surface area contributed by atoms with Crippen LogP contribution >= 0.6 is 0 Å². The smallest absolute Gasteiger partial charge is 0.0546 e. The van der Waals surface area contributed by atoms with Crippen LogP contribution in [0.25, 0.3) is 0 Å². The van der Waals surface area contributed by atoms with Gasteiger partial charge in [-0.15, -0.1) is 0 Å². The second-order valence-electron chi connectivity index (χ2n) is 5.10. The first kappa shape index (κ1) is 11.4. The van der Waals surface area contributed by atoms with Crippen LogP contribution in [0, 0.1) is 5.92 Å². The molecule has 0 unspecified atom stereocenters. The van der Waals surface area contributed by atoms with Crippen molar-refractivity contribution in [1.82, 2.24) is 10.2 Å². The molecule has 3 nitrogen and oxygen atoms in total. The maximum atomic E-state index is 9.13. The van der Waals surface area contributed by atoms with E-state index in [9.17, 15) is 0 Å². The quantitative estimate of drug-likeness (QED) is 0.640. The molecule has 3 heteroatoms. The van der Waals surface area contributed by atoms with Gasteiger partial charge in [-0.05, 0) is 70.7 Å². The molecule has 0 aromatic heterocycles. The van der Waals surface area contributed by atoms with Crippen molar-refractivity contribution in [1.29, 1.82) is 0 Å². The van der Waals surface area contributed by atoms with E-state index in [4.69, 9.17) is 5.11 Å². The van der Waals surface area contributed by atoms with E-state index in [0.29, 0.717) is 0 Å². The summed E-state index contributed by atoms with van der Waals surface area (Å²) in [5.41, 5.74) is 0. The average Bonchev–Trinajstić information content (AvgIpc) is 2.67. The Kier molecular flexibility index (Phi) is 4.42. The van der Waals surface area contributed by atoms with E-state index in [1.165, 1.54) is 38.9 Å². The van der Waals surface area contributed by atoms with Gasteiger partial charge in [0.25, 0.3) is 0 Å². The highest BCUT2D eigenvalue weighted by Gasteiger charge is 2.26. The third-order valence-electron chi connectivity index (χ3n) is 3.67. The molecule has 0 spiro atoms. The fourth-order valence-corrected chi connectivity index (χ4v) is 2.61. The van der Waals surface area contributed by atoms with Crippen LogP contribution in [-0.2, 0) is 0 Å². The summed E-state index contributed by atoms with van der Waals surface area (Å²) in [6.45, 7) is 6.14. The van der Waals surface area contributed by atoms with Crippen LogP contribution in [0.1, 0.15) is 32.1 Å². The van der Waals surface area contributed by atoms with Crippen molar-refractivity contribution in [3.8, 4) is 0 Å². The molecule has 2 rings (SSSR count). The highest BCUT2D eigenvalue weighted by Crippen LogP contribution is 2.25. The van der Waals surface area contributed by atoms with Crippen molar-refractivity contribution in [2.24, 2.45) is 5.92 Å². The number of nitrogens with one attached hydrogen (secondary N) is 1. The zero-order chi connectivity index (χ0) is 10.5. The molecule has 0 amide bonds. The number of likely N-dealkylation sites (tertiary alicyclic amines) is 1. The van der Waals surface area contributed by atoms with Gasteiger partial charge < -0.3 is 15.3 Å². The first-order valence-electron chi connectivity index (χ1n) is 6.46. The monoisotopic (exact) mass is 212 g/mol. The number of rotatable bonds is 6. The fraction of sp³-hybridized carbons (Fsp3) is 1.00. The van der Waals surface area contributed by atoms with Gasteiger partial charge in [-0.1, -0.05) is 0 Å². The number of aliphatic hydroxyl groups is 1. The van der Waals surface area contributed by atoms with Gasteiger partial charge in [-0.25, -0.2) is 0 Å². The van der Waals surface area contributed by atoms with Gasteiger partial charge in [-0.3, -0.25) is 0 Å². The second-order valence-corrected chi connectivity index (χ2v) is 5.10. The Labute approximate surface area is 92.8 Å². The summed E-state index contributed by atoms with van der Waals surface area (Å²) in [6, 6.07) is 0. The SMILES string of the molecule is OC1CC(CNCCCN2CCCC2)C1. The van der Waals surface area contributed by atoms with Crippen molar-refractivity contribution in [2.45, 2.75) is 38.2 Å². The minimum absolute atomic E-state index is 0.00130. The zero-order valence-corrected chi connectivity index (χ0v) is 9.62. The third kappa shape index (κ3) is 3.74. The maximum absolute atomic E-state index is 9.13. The van der Waals surface area contributed by atoms with Gasteiger partial charge in [0, 0.05) is 0 Å². The minimum atomic E-state index is 0.00130. The molecule has 0 radical (unpaired) electrons. The Morgan fingerprint density at radius 1 is 1.20 bits per heavy atom. The van der Waals surface area contributed by atoms with Gasteiger partial charge in [0.2, 0.25) is 0 Å². The predicted molar refractivity (Wildman–Crippen MR) is 61.9 cm³/mol. The second kappa shape index (κ2) is 5.83. The Balaban J connectivity index is 1.39. The van der Waals surface area contributed by atoms with E-state index in [1.807, 2.05) is 0 Å². The van der Waals surface area contributed by atoms with E-state index in [2.05, 4.69) is 10.2 Å². The average molecular weight is 212 g/mol. The van der Waals surface area contributed by atoms with Crippen LogP contribution < -0.4 is 5.32 Å². The molecule has 0 aromatic rings. The van der Waals surface area contributed by atoms with Crippen LogP contribution in [0.3, 0.4) is 0 Å². The molecule has 1 heterocycles. The summed E-state index contributed by atoms with van der Waals surface area (Å²) in [5, 5.41) is 12.6. The molecule has 1 saturated carbocycles. The van der Waals surface area contributed by atoms with E-state index in [0.717, 1.165) is 31.8 Å². The molecule has 0 aromatic carbocycles. The normalized spacial score (nSPS) is 31.8.